The lowest BCUT2D eigenvalue weighted by molar-refractivity contribution is 0.0983. The van der Waals surface area contributed by atoms with Crippen LogP contribution >= 0.6 is 11.6 Å². The number of pyridine rings is 1. The number of rotatable bonds is 4. The van der Waals surface area contributed by atoms with Gasteiger partial charge in [0.2, 0.25) is 0 Å². The first-order valence-corrected chi connectivity index (χ1v) is 6.09. The summed E-state index contributed by atoms with van der Waals surface area (Å²) in [5.74, 6) is 0. The minimum atomic E-state index is 0.114. The summed E-state index contributed by atoms with van der Waals surface area (Å²) in [5, 5.41) is 0.699. The van der Waals surface area contributed by atoms with Crippen molar-refractivity contribution in [1.82, 2.24) is 4.98 Å². The van der Waals surface area contributed by atoms with Crippen LogP contribution in [-0.2, 0) is 11.2 Å². The second-order valence-corrected chi connectivity index (χ2v) is 4.71. The highest BCUT2D eigenvalue weighted by molar-refractivity contribution is 6.31. The van der Waals surface area contributed by atoms with E-state index < -0.39 is 0 Å². The van der Waals surface area contributed by atoms with Crippen LogP contribution in [-0.4, -0.2) is 23.7 Å². The van der Waals surface area contributed by atoms with Gasteiger partial charge in [-0.3, -0.25) is 4.98 Å². The third kappa shape index (κ3) is 3.17. The number of hydrogen-bond acceptors (Lipinski definition) is 3. The van der Waals surface area contributed by atoms with E-state index in [1.54, 1.807) is 12.4 Å². The van der Waals surface area contributed by atoms with Crippen molar-refractivity contribution < 1.29 is 4.74 Å². The summed E-state index contributed by atoms with van der Waals surface area (Å²) >= 11 is 6.04. The molecule has 2 unspecified atom stereocenters. The smallest absolute Gasteiger partial charge is 0.0621 e. The molecule has 3 nitrogen and oxygen atoms in total. The normalized spacial score (nSPS) is 22.2. The Morgan fingerprint density at radius 1 is 1.62 bits per heavy atom. The van der Waals surface area contributed by atoms with Crippen LogP contribution in [0.4, 0.5) is 0 Å². The van der Waals surface area contributed by atoms with Gasteiger partial charge in [-0.05, 0) is 37.3 Å². The van der Waals surface area contributed by atoms with E-state index in [0.717, 1.165) is 37.9 Å². The largest absolute Gasteiger partial charge is 0.378 e. The van der Waals surface area contributed by atoms with Crippen molar-refractivity contribution in [3.8, 4) is 0 Å². The quantitative estimate of drug-likeness (QED) is 0.878. The fourth-order valence-electron chi connectivity index (χ4n) is 2.10. The molecule has 1 saturated heterocycles. The van der Waals surface area contributed by atoms with Gasteiger partial charge in [-0.15, -0.1) is 0 Å². The van der Waals surface area contributed by atoms with Gasteiger partial charge >= 0.3 is 0 Å². The maximum atomic E-state index is 6.10. The molecular weight excluding hydrogens is 224 g/mol. The molecule has 0 saturated carbocycles. The first-order chi connectivity index (χ1) is 7.75. The van der Waals surface area contributed by atoms with Crippen molar-refractivity contribution >= 4 is 11.6 Å². The van der Waals surface area contributed by atoms with Gasteiger partial charge in [0.15, 0.2) is 0 Å². The van der Waals surface area contributed by atoms with Crippen LogP contribution in [0.25, 0.3) is 0 Å². The van der Waals surface area contributed by atoms with E-state index in [-0.39, 0.29) is 6.04 Å². The van der Waals surface area contributed by atoms with Gasteiger partial charge in [0.05, 0.1) is 11.1 Å². The summed E-state index contributed by atoms with van der Waals surface area (Å²) in [5.41, 5.74) is 7.17. The highest BCUT2D eigenvalue weighted by Crippen LogP contribution is 2.20. The molecule has 0 aromatic carbocycles. The maximum Gasteiger partial charge on any atom is 0.0621 e. The number of ether oxygens (including phenoxy) is 1. The van der Waals surface area contributed by atoms with Crippen molar-refractivity contribution in [2.24, 2.45) is 5.73 Å². The molecule has 4 heteroatoms. The van der Waals surface area contributed by atoms with Crippen LogP contribution in [0.3, 0.4) is 0 Å². The number of halogens is 1. The average Bonchev–Trinajstić information content (AvgIpc) is 2.74. The molecule has 0 amide bonds. The summed E-state index contributed by atoms with van der Waals surface area (Å²) in [4.78, 5) is 3.96. The van der Waals surface area contributed by atoms with Crippen molar-refractivity contribution in [2.75, 3.05) is 6.61 Å². The Hall–Kier alpha value is -0.640. The number of aromatic nitrogens is 1. The molecule has 88 valence electrons. The van der Waals surface area contributed by atoms with Crippen LogP contribution in [0.1, 0.15) is 24.8 Å². The summed E-state index contributed by atoms with van der Waals surface area (Å²) in [6.07, 6.45) is 7.76. The Kier molecular flexibility index (Phi) is 4.16. The highest BCUT2D eigenvalue weighted by atomic mass is 35.5. The van der Waals surface area contributed by atoms with Gasteiger partial charge in [-0.2, -0.15) is 0 Å². The highest BCUT2D eigenvalue weighted by Gasteiger charge is 2.19. The maximum absolute atomic E-state index is 6.10. The minimum absolute atomic E-state index is 0.114. The fraction of sp³-hybridized carbons (Fsp3) is 0.583. The molecule has 1 fully saturated rings. The molecule has 2 rings (SSSR count). The van der Waals surface area contributed by atoms with Crippen LogP contribution in [0, 0.1) is 0 Å². The predicted octanol–water partition coefficient (Wildman–Crippen LogP) is 2.17. The van der Waals surface area contributed by atoms with E-state index in [2.05, 4.69) is 4.98 Å². The van der Waals surface area contributed by atoms with E-state index in [4.69, 9.17) is 22.1 Å². The number of nitrogens with two attached hydrogens (primary N) is 1. The lowest BCUT2D eigenvalue weighted by Gasteiger charge is -2.16. The first kappa shape index (κ1) is 11.8. The third-order valence-electron chi connectivity index (χ3n) is 2.93. The Balaban J connectivity index is 1.86. The van der Waals surface area contributed by atoms with E-state index in [9.17, 15) is 0 Å². The predicted molar refractivity (Wildman–Crippen MR) is 64.5 cm³/mol. The van der Waals surface area contributed by atoms with E-state index in [1.807, 2.05) is 6.07 Å². The van der Waals surface area contributed by atoms with E-state index >= 15 is 0 Å². The molecule has 2 N–H and O–H groups in total. The second kappa shape index (κ2) is 5.62. The molecule has 2 heterocycles. The average molecular weight is 241 g/mol. The van der Waals surface area contributed by atoms with Gasteiger partial charge in [0, 0.05) is 25.0 Å². The third-order valence-corrected chi connectivity index (χ3v) is 3.27. The molecule has 1 aromatic rings. The molecule has 0 bridgehead atoms. The number of nitrogens with zero attached hydrogens (tertiary/aromatic N) is 1. The van der Waals surface area contributed by atoms with Crippen LogP contribution in [0.2, 0.25) is 5.02 Å². The first-order valence-electron chi connectivity index (χ1n) is 5.71. The zero-order valence-corrected chi connectivity index (χ0v) is 9.99. The SMILES string of the molecule is NC(Cc1ccncc1Cl)CC1CCCO1. The van der Waals surface area contributed by atoms with Crippen LogP contribution in [0.15, 0.2) is 18.5 Å². The summed E-state index contributed by atoms with van der Waals surface area (Å²) in [7, 11) is 0. The standard InChI is InChI=1S/C12H17ClN2O/c13-12-8-15-4-3-9(12)6-10(14)7-11-2-1-5-16-11/h3-4,8,10-11H,1-2,5-7,14H2. The van der Waals surface area contributed by atoms with Gasteiger partial charge in [-0.1, -0.05) is 11.6 Å². The Morgan fingerprint density at radius 3 is 3.19 bits per heavy atom. The summed E-state index contributed by atoms with van der Waals surface area (Å²) in [6.45, 7) is 0.882. The molecule has 0 aliphatic carbocycles. The summed E-state index contributed by atoms with van der Waals surface area (Å²) < 4.78 is 5.57. The molecule has 1 aromatic heterocycles. The molecular formula is C12H17ClN2O. The topological polar surface area (TPSA) is 48.1 Å². The number of hydrogen-bond donors (Lipinski definition) is 1. The molecule has 0 spiro atoms. The zero-order valence-electron chi connectivity index (χ0n) is 9.23. The summed E-state index contributed by atoms with van der Waals surface area (Å²) in [6, 6.07) is 2.04. The van der Waals surface area contributed by atoms with Gasteiger partial charge < -0.3 is 10.5 Å². The Labute approximate surface area is 101 Å². The zero-order chi connectivity index (χ0) is 11.4. The second-order valence-electron chi connectivity index (χ2n) is 4.30. The molecule has 2 atom stereocenters. The Bertz CT molecular complexity index is 340. The molecule has 1 aliphatic heterocycles. The van der Waals surface area contributed by atoms with Crippen molar-refractivity contribution in [1.29, 1.82) is 0 Å². The van der Waals surface area contributed by atoms with E-state index in [1.165, 1.54) is 0 Å². The van der Waals surface area contributed by atoms with Crippen molar-refractivity contribution in [2.45, 2.75) is 37.8 Å². The van der Waals surface area contributed by atoms with Crippen molar-refractivity contribution in [3.63, 3.8) is 0 Å². The fourth-order valence-corrected chi connectivity index (χ4v) is 2.30. The lowest BCUT2D eigenvalue weighted by atomic mass is 10.0. The van der Waals surface area contributed by atoms with Gasteiger partial charge in [-0.25, -0.2) is 0 Å². The van der Waals surface area contributed by atoms with Crippen LogP contribution < -0.4 is 5.73 Å². The Morgan fingerprint density at radius 2 is 2.50 bits per heavy atom. The van der Waals surface area contributed by atoms with Gasteiger partial charge in [0.1, 0.15) is 0 Å². The molecule has 1 aliphatic rings. The van der Waals surface area contributed by atoms with Crippen molar-refractivity contribution in [3.05, 3.63) is 29.0 Å². The lowest BCUT2D eigenvalue weighted by Crippen LogP contribution is -2.28. The minimum Gasteiger partial charge on any atom is -0.378 e. The van der Waals surface area contributed by atoms with Crippen LogP contribution in [0.5, 0.6) is 0 Å². The molecule has 16 heavy (non-hydrogen) atoms. The molecule has 0 radical (unpaired) electrons. The monoisotopic (exact) mass is 240 g/mol. The van der Waals surface area contributed by atoms with Gasteiger partial charge in [0.25, 0.3) is 0 Å². The van der Waals surface area contributed by atoms with E-state index in [0.29, 0.717) is 11.1 Å².